The normalized spacial score (nSPS) is 37.1. The van der Waals surface area contributed by atoms with Gasteiger partial charge in [0.25, 0.3) is 0 Å². The molecular formula is C15H27NO. The van der Waals surface area contributed by atoms with Gasteiger partial charge in [-0.1, -0.05) is 0 Å². The fraction of sp³-hybridized carbons (Fsp3) is 1.00. The summed E-state index contributed by atoms with van der Waals surface area (Å²) in [5, 5.41) is 3.83. The van der Waals surface area contributed by atoms with Crippen LogP contribution in [0, 0.1) is 11.3 Å². The van der Waals surface area contributed by atoms with Gasteiger partial charge in [-0.2, -0.15) is 0 Å². The van der Waals surface area contributed by atoms with Crippen molar-refractivity contribution in [2.24, 2.45) is 11.3 Å². The Bertz CT molecular complexity index is 313. The molecule has 1 unspecified atom stereocenters. The van der Waals surface area contributed by atoms with E-state index < -0.39 is 0 Å². The fourth-order valence-corrected chi connectivity index (χ4v) is 3.79. The molecule has 98 valence electrons. The zero-order chi connectivity index (χ0) is 12.3. The van der Waals surface area contributed by atoms with Crippen molar-refractivity contribution in [3.63, 3.8) is 0 Å². The van der Waals surface area contributed by atoms with Crippen molar-refractivity contribution in [3.05, 3.63) is 0 Å². The van der Waals surface area contributed by atoms with Gasteiger partial charge in [-0.3, -0.25) is 0 Å². The van der Waals surface area contributed by atoms with Crippen LogP contribution in [-0.4, -0.2) is 23.8 Å². The molecule has 3 aliphatic rings. The summed E-state index contributed by atoms with van der Waals surface area (Å²) in [6.45, 7) is 10.1. The second kappa shape index (κ2) is 3.48. The number of hydrogen-bond donors (Lipinski definition) is 1. The first-order chi connectivity index (χ1) is 7.83. The van der Waals surface area contributed by atoms with Crippen LogP contribution in [0.2, 0.25) is 0 Å². The fourth-order valence-electron chi connectivity index (χ4n) is 3.79. The van der Waals surface area contributed by atoms with Crippen LogP contribution in [0.5, 0.6) is 0 Å². The van der Waals surface area contributed by atoms with Crippen LogP contribution >= 0.6 is 0 Å². The van der Waals surface area contributed by atoms with Crippen LogP contribution in [0.15, 0.2) is 0 Å². The van der Waals surface area contributed by atoms with E-state index in [1.165, 1.54) is 32.2 Å². The van der Waals surface area contributed by atoms with Gasteiger partial charge in [0, 0.05) is 12.6 Å². The van der Waals surface area contributed by atoms with E-state index in [9.17, 15) is 0 Å². The van der Waals surface area contributed by atoms with E-state index >= 15 is 0 Å². The summed E-state index contributed by atoms with van der Waals surface area (Å²) < 4.78 is 6.15. The molecule has 0 aromatic rings. The van der Waals surface area contributed by atoms with Crippen LogP contribution in [0.1, 0.15) is 59.8 Å². The van der Waals surface area contributed by atoms with Crippen molar-refractivity contribution in [3.8, 4) is 0 Å². The van der Waals surface area contributed by atoms with E-state index in [4.69, 9.17) is 4.74 Å². The van der Waals surface area contributed by atoms with Gasteiger partial charge in [-0.25, -0.2) is 0 Å². The number of ether oxygens (including phenoxy) is 1. The molecule has 3 rings (SSSR count). The maximum Gasteiger partial charge on any atom is 0.0787 e. The van der Waals surface area contributed by atoms with Gasteiger partial charge >= 0.3 is 0 Å². The third kappa shape index (κ3) is 2.26. The lowest BCUT2D eigenvalue weighted by atomic mass is 9.92. The topological polar surface area (TPSA) is 21.3 Å². The predicted molar refractivity (Wildman–Crippen MR) is 70.0 cm³/mol. The van der Waals surface area contributed by atoms with Gasteiger partial charge in [0.1, 0.15) is 0 Å². The number of nitrogens with one attached hydrogen (secondary N) is 1. The smallest absolute Gasteiger partial charge is 0.0787 e. The molecule has 1 N–H and O–H groups in total. The summed E-state index contributed by atoms with van der Waals surface area (Å²) in [6, 6.07) is 0.522. The second-order valence-electron chi connectivity index (χ2n) is 7.74. The summed E-state index contributed by atoms with van der Waals surface area (Å²) in [6.07, 6.45) is 7.03. The molecule has 1 atom stereocenters. The summed E-state index contributed by atoms with van der Waals surface area (Å²) in [7, 11) is 0. The summed E-state index contributed by atoms with van der Waals surface area (Å²) in [5.74, 6) is 1.05. The Labute approximate surface area is 105 Å². The van der Waals surface area contributed by atoms with Gasteiger partial charge in [0.2, 0.25) is 0 Å². The van der Waals surface area contributed by atoms with Gasteiger partial charge < -0.3 is 10.1 Å². The van der Waals surface area contributed by atoms with Crippen molar-refractivity contribution in [1.82, 2.24) is 5.32 Å². The molecule has 2 saturated carbocycles. The first-order valence-electron chi connectivity index (χ1n) is 7.27. The molecule has 1 heterocycles. The Hall–Kier alpha value is -0.0800. The van der Waals surface area contributed by atoms with Crippen molar-refractivity contribution >= 4 is 0 Å². The highest BCUT2D eigenvalue weighted by atomic mass is 16.5. The molecule has 0 bridgehead atoms. The average Bonchev–Trinajstić information content (AvgIpc) is 3.01. The highest BCUT2D eigenvalue weighted by Gasteiger charge is 2.54. The molecule has 1 aliphatic heterocycles. The largest absolute Gasteiger partial charge is 0.368 e. The zero-order valence-corrected chi connectivity index (χ0v) is 11.8. The Morgan fingerprint density at radius 3 is 2.18 bits per heavy atom. The van der Waals surface area contributed by atoms with E-state index in [-0.39, 0.29) is 11.2 Å². The van der Waals surface area contributed by atoms with Crippen molar-refractivity contribution in [1.29, 1.82) is 0 Å². The zero-order valence-electron chi connectivity index (χ0n) is 11.8. The molecule has 0 radical (unpaired) electrons. The molecule has 2 nitrogen and oxygen atoms in total. The summed E-state index contributed by atoms with van der Waals surface area (Å²) in [4.78, 5) is 0. The predicted octanol–water partition coefficient (Wildman–Crippen LogP) is 3.11. The Morgan fingerprint density at radius 2 is 1.76 bits per heavy atom. The first-order valence-corrected chi connectivity index (χ1v) is 7.27. The third-order valence-electron chi connectivity index (χ3n) is 5.11. The lowest BCUT2D eigenvalue weighted by Gasteiger charge is -2.29. The summed E-state index contributed by atoms with van der Waals surface area (Å²) in [5.41, 5.74) is 0.726. The molecule has 1 saturated heterocycles. The van der Waals surface area contributed by atoms with Crippen LogP contribution in [-0.2, 0) is 4.74 Å². The summed E-state index contributed by atoms with van der Waals surface area (Å²) >= 11 is 0. The number of hydrogen-bond acceptors (Lipinski definition) is 2. The minimum Gasteiger partial charge on any atom is -0.368 e. The Balaban J connectivity index is 1.58. The standard InChI is InChI=1S/C15H27NO/c1-13(2)9-12(14(3,4)17-13)16-10-15(7-8-15)11-5-6-11/h11-12,16H,5-10H2,1-4H3. The van der Waals surface area contributed by atoms with E-state index in [1.807, 2.05) is 0 Å². The SMILES string of the molecule is CC1(C)CC(NCC2(C3CC3)CC2)C(C)(C)O1. The molecule has 2 aliphatic carbocycles. The van der Waals surface area contributed by atoms with Crippen LogP contribution in [0.4, 0.5) is 0 Å². The second-order valence-corrected chi connectivity index (χ2v) is 7.74. The molecule has 0 spiro atoms. The minimum atomic E-state index is -0.0108. The lowest BCUT2D eigenvalue weighted by Crippen LogP contribution is -2.45. The Morgan fingerprint density at radius 1 is 1.12 bits per heavy atom. The van der Waals surface area contributed by atoms with E-state index in [2.05, 4.69) is 33.0 Å². The van der Waals surface area contributed by atoms with Gasteiger partial charge in [0.05, 0.1) is 11.2 Å². The lowest BCUT2D eigenvalue weighted by molar-refractivity contribution is -0.0700. The van der Waals surface area contributed by atoms with Crippen LogP contribution in [0.25, 0.3) is 0 Å². The average molecular weight is 237 g/mol. The molecule has 0 aromatic carbocycles. The molecule has 3 fully saturated rings. The highest BCUT2D eigenvalue weighted by Crippen LogP contribution is 2.61. The molecule has 17 heavy (non-hydrogen) atoms. The van der Waals surface area contributed by atoms with Crippen LogP contribution in [0.3, 0.4) is 0 Å². The first kappa shape index (κ1) is 12.0. The van der Waals surface area contributed by atoms with Crippen molar-refractivity contribution < 1.29 is 4.74 Å². The molecule has 2 heteroatoms. The van der Waals surface area contributed by atoms with E-state index in [1.54, 1.807) is 0 Å². The molecule has 0 amide bonds. The number of rotatable bonds is 4. The van der Waals surface area contributed by atoms with Crippen molar-refractivity contribution in [2.75, 3.05) is 6.54 Å². The van der Waals surface area contributed by atoms with Crippen molar-refractivity contribution in [2.45, 2.75) is 77.0 Å². The minimum absolute atomic E-state index is 0.0108. The molecular weight excluding hydrogens is 210 g/mol. The van der Waals surface area contributed by atoms with Gasteiger partial charge in [-0.15, -0.1) is 0 Å². The quantitative estimate of drug-likeness (QED) is 0.811. The Kier molecular flexibility index (Phi) is 2.45. The maximum absolute atomic E-state index is 6.15. The van der Waals surface area contributed by atoms with Gasteiger partial charge in [-0.05, 0) is 71.1 Å². The molecule has 0 aromatic heterocycles. The van der Waals surface area contributed by atoms with Gasteiger partial charge in [0.15, 0.2) is 0 Å². The maximum atomic E-state index is 6.15. The van der Waals surface area contributed by atoms with E-state index in [0.717, 1.165) is 12.3 Å². The van der Waals surface area contributed by atoms with E-state index in [0.29, 0.717) is 11.5 Å². The third-order valence-corrected chi connectivity index (χ3v) is 5.11. The monoisotopic (exact) mass is 237 g/mol. The highest BCUT2D eigenvalue weighted by molar-refractivity contribution is 5.07. The van der Waals surface area contributed by atoms with Crippen LogP contribution < -0.4 is 5.32 Å².